The van der Waals surface area contributed by atoms with Crippen molar-refractivity contribution in [1.82, 2.24) is 0 Å². The molecule has 5 rings (SSSR count). The lowest BCUT2D eigenvalue weighted by Crippen LogP contribution is -2.67. The molecule has 4 aliphatic rings. The zero-order chi connectivity index (χ0) is 63.4. The molecule has 1 aromatic rings. The van der Waals surface area contributed by atoms with Crippen molar-refractivity contribution >= 4 is 17.9 Å². The summed E-state index contributed by atoms with van der Waals surface area (Å²) in [6.45, 7) is 20.9. The normalized spacial score (nSPS) is 34.5. The summed E-state index contributed by atoms with van der Waals surface area (Å²) in [6, 6.07) is 7.44. The topological polar surface area (TPSA) is 249 Å². The molecule has 22 nitrogen and oxygen atoms in total. The van der Waals surface area contributed by atoms with E-state index in [-0.39, 0.29) is 42.7 Å². The van der Waals surface area contributed by atoms with Gasteiger partial charge in [0.2, 0.25) is 6.29 Å². The van der Waals surface area contributed by atoms with Crippen LogP contribution in [0.2, 0.25) is 0 Å². The zero-order valence-electron chi connectivity index (χ0n) is 54.5. The minimum atomic E-state index is -1.29. The van der Waals surface area contributed by atoms with E-state index >= 15 is 0 Å². The molecule has 4 fully saturated rings. The Hall–Kier alpha value is -3.17. The number of carbonyl (C=O) groups excluding carboxylic acids is 3. The Morgan fingerprint density at radius 3 is 1.60 bits per heavy atom. The molecule has 4 heterocycles. The SMILES string of the molecule is CCC[C@@H](C)C(=O)O[C@H](Cc1ccc(O[C@H]2O[C@@H](C)[C@@H](OC)[C@@H](O[C@H]3O[C@H](C)[C@@H](O)[C@@H](O[C@H]4O[C@@H](C)[C@H](OC(=O)CC)[C@H](O[C@H]5C[C@@H](O)[C@H](OC)[C@@H](C)O5)[C@@H]4OC)[C@H]3OC)[C@@H]2OC)cc1)C[C@@H](CCCC[C@@H](C)[C@@H](CC)OC)OC(=O)[C@@H](C)CCC. The number of carbonyl (C=O) groups is 3. The molecule has 0 amide bonds. The van der Waals surface area contributed by atoms with Gasteiger partial charge in [0.25, 0.3) is 0 Å². The largest absolute Gasteiger partial charge is 0.462 e. The van der Waals surface area contributed by atoms with E-state index in [1.807, 2.05) is 58.9 Å². The Bertz CT molecular complexity index is 2090. The summed E-state index contributed by atoms with van der Waals surface area (Å²) >= 11 is 0. The summed E-state index contributed by atoms with van der Waals surface area (Å²) in [5, 5.41) is 22.8. The molecular weight excluding hydrogens is 1120 g/mol. The first-order chi connectivity index (χ1) is 41.1. The molecule has 0 spiro atoms. The van der Waals surface area contributed by atoms with Gasteiger partial charge in [0.1, 0.15) is 72.9 Å². The Labute approximate surface area is 512 Å². The van der Waals surface area contributed by atoms with Gasteiger partial charge in [-0.25, -0.2) is 0 Å². The maximum Gasteiger partial charge on any atom is 0.308 e. The van der Waals surface area contributed by atoms with Crippen molar-refractivity contribution in [1.29, 1.82) is 0 Å². The fourth-order valence-electron chi connectivity index (χ4n) is 12.4. The zero-order valence-corrected chi connectivity index (χ0v) is 54.5. The van der Waals surface area contributed by atoms with E-state index in [0.717, 1.165) is 50.5 Å². The number of hydrogen-bond donors (Lipinski definition) is 2. The van der Waals surface area contributed by atoms with E-state index in [9.17, 15) is 24.6 Å². The van der Waals surface area contributed by atoms with Gasteiger partial charge < -0.3 is 90.7 Å². The highest BCUT2D eigenvalue weighted by Crippen LogP contribution is 2.38. The molecule has 496 valence electrons. The summed E-state index contributed by atoms with van der Waals surface area (Å²) in [7, 11) is 9.16. The fraction of sp³-hybridized carbons (Fsp3) is 0.859. The van der Waals surface area contributed by atoms with Crippen LogP contribution in [-0.4, -0.2) is 206 Å². The van der Waals surface area contributed by atoms with Crippen molar-refractivity contribution in [3.63, 3.8) is 0 Å². The van der Waals surface area contributed by atoms with E-state index in [1.165, 1.54) is 35.5 Å². The average Bonchev–Trinajstić information content (AvgIpc) is 0.881. The molecular formula is C64H108O22. The quantitative estimate of drug-likeness (QED) is 0.0371. The van der Waals surface area contributed by atoms with Gasteiger partial charge in [-0.1, -0.05) is 79.9 Å². The van der Waals surface area contributed by atoms with E-state index in [2.05, 4.69) is 13.8 Å². The highest BCUT2D eigenvalue weighted by atomic mass is 16.8. The van der Waals surface area contributed by atoms with E-state index in [4.69, 9.17) is 80.5 Å². The van der Waals surface area contributed by atoms with Crippen LogP contribution < -0.4 is 4.74 Å². The molecule has 2 N–H and O–H groups in total. The lowest BCUT2D eigenvalue weighted by atomic mass is 9.94. The first-order valence-corrected chi connectivity index (χ1v) is 31.6. The third-order valence-corrected chi connectivity index (χ3v) is 17.4. The predicted octanol–water partition coefficient (Wildman–Crippen LogP) is 7.96. The number of esters is 3. The van der Waals surface area contributed by atoms with Crippen LogP contribution in [0.1, 0.15) is 159 Å². The van der Waals surface area contributed by atoms with Crippen molar-refractivity contribution in [2.45, 2.75) is 295 Å². The van der Waals surface area contributed by atoms with E-state index < -0.39 is 135 Å². The van der Waals surface area contributed by atoms with E-state index in [1.54, 1.807) is 34.8 Å². The molecule has 0 bridgehead atoms. The Balaban J connectivity index is 1.35. The molecule has 86 heavy (non-hydrogen) atoms. The minimum absolute atomic E-state index is 0.0524. The molecule has 4 saturated heterocycles. The van der Waals surface area contributed by atoms with Gasteiger partial charge in [-0.3, -0.25) is 14.4 Å². The molecule has 0 unspecified atom stereocenters. The van der Waals surface area contributed by atoms with Gasteiger partial charge in [0.15, 0.2) is 25.0 Å². The number of methoxy groups -OCH3 is 6. The number of rotatable bonds is 35. The second-order valence-electron chi connectivity index (χ2n) is 23.9. The predicted molar refractivity (Wildman–Crippen MR) is 315 cm³/mol. The maximum absolute atomic E-state index is 13.6. The Kier molecular flexibility index (Phi) is 31.3. The summed E-state index contributed by atoms with van der Waals surface area (Å²) < 4.78 is 106. The van der Waals surface area contributed by atoms with Gasteiger partial charge in [0.05, 0.1) is 48.5 Å². The minimum Gasteiger partial charge on any atom is -0.462 e. The van der Waals surface area contributed by atoms with Crippen LogP contribution in [0.5, 0.6) is 5.75 Å². The van der Waals surface area contributed by atoms with Gasteiger partial charge in [-0.2, -0.15) is 0 Å². The average molecular weight is 1230 g/mol. The van der Waals surface area contributed by atoms with Crippen molar-refractivity contribution in [3.8, 4) is 5.75 Å². The molecule has 0 saturated carbocycles. The van der Waals surface area contributed by atoms with Crippen molar-refractivity contribution < 1.29 is 105 Å². The lowest BCUT2D eigenvalue weighted by molar-refractivity contribution is -0.384. The highest BCUT2D eigenvalue weighted by Gasteiger charge is 2.56. The van der Waals surface area contributed by atoms with Crippen LogP contribution in [0.4, 0.5) is 0 Å². The summed E-state index contributed by atoms with van der Waals surface area (Å²) in [4.78, 5) is 39.9. The number of aliphatic hydroxyl groups excluding tert-OH is 2. The number of aliphatic hydroxyl groups is 2. The van der Waals surface area contributed by atoms with Crippen LogP contribution >= 0.6 is 0 Å². The van der Waals surface area contributed by atoms with Gasteiger partial charge in [0, 0.05) is 68.3 Å². The molecule has 1 aromatic carbocycles. The van der Waals surface area contributed by atoms with Gasteiger partial charge in [-0.05, 0) is 89.8 Å². The third-order valence-electron chi connectivity index (χ3n) is 17.4. The van der Waals surface area contributed by atoms with Crippen LogP contribution in [0, 0.1) is 17.8 Å². The molecule has 4 aliphatic heterocycles. The molecule has 0 radical (unpaired) electrons. The van der Waals surface area contributed by atoms with Crippen LogP contribution in [0.25, 0.3) is 0 Å². The summed E-state index contributed by atoms with van der Waals surface area (Å²) in [5.41, 5.74) is 0.873. The number of unbranched alkanes of at least 4 members (excludes halogenated alkanes) is 1. The second kappa shape index (κ2) is 36.6. The van der Waals surface area contributed by atoms with Crippen LogP contribution in [0.15, 0.2) is 24.3 Å². The van der Waals surface area contributed by atoms with Gasteiger partial charge >= 0.3 is 17.9 Å². The number of benzene rings is 1. The first kappa shape index (κ1) is 73.6. The smallest absolute Gasteiger partial charge is 0.308 e. The fourth-order valence-corrected chi connectivity index (χ4v) is 12.4. The Morgan fingerprint density at radius 2 is 1.06 bits per heavy atom. The number of hydrogen-bond acceptors (Lipinski definition) is 22. The van der Waals surface area contributed by atoms with E-state index in [0.29, 0.717) is 37.4 Å². The maximum atomic E-state index is 13.6. The summed E-state index contributed by atoms with van der Waals surface area (Å²) in [6.07, 6.45) is -10.6. The van der Waals surface area contributed by atoms with Gasteiger partial charge in [-0.15, -0.1) is 0 Å². The van der Waals surface area contributed by atoms with Crippen molar-refractivity contribution in [3.05, 3.63) is 29.8 Å². The lowest BCUT2D eigenvalue weighted by Gasteiger charge is -2.50. The molecule has 22 heteroatoms. The Morgan fingerprint density at radius 1 is 0.558 bits per heavy atom. The monoisotopic (exact) mass is 1230 g/mol. The summed E-state index contributed by atoms with van der Waals surface area (Å²) in [5.74, 6) is -0.737. The second-order valence-corrected chi connectivity index (χ2v) is 23.9. The third kappa shape index (κ3) is 20.2. The van der Waals surface area contributed by atoms with Crippen molar-refractivity contribution in [2.24, 2.45) is 17.8 Å². The molecule has 0 aliphatic carbocycles. The van der Waals surface area contributed by atoms with Crippen molar-refractivity contribution in [2.75, 3.05) is 42.7 Å². The standard InChI is InChI=1S/C64H108O22/c1-18-24-36(6)60(68)80-44(27-23-22-26-35(5)47(20-3)70-12)33-45(81-61(69)37(7)25-19-2)32-42-28-30-43(31-29-42)82-62-58(74-16)55(52(72-14)40(10)78-62)86-63-57(73-15)54(50(67)38(8)77-63)85-64-59(75-17)56(53(41(11)79-64)83-48(66)21-4)84-49-34-46(65)51(71-13)39(9)76-49/h28-31,35-41,44-47,49-59,62-65,67H,18-27,32-34H2,1-17H3/t35-,36+,37-,38-,39-,40+,41+,44-,45-,46-,47-,49+,50-,51-,52-,53+,54-,55-,56+,57-,58+,59+,62-,63-,64-/m1/s1. The number of ether oxygens (including phenoxy) is 17. The highest BCUT2D eigenvalue weighted by molar-refractivity contribution is 5.73. The molecule has 25 atom stereocenters. The van der Waals surface area contributed by atoms with Crippen LogP contribution in [-0.2, 0) is 96.6 Å². The van der Waals surface area contributed by atoms with Crippen LogP contribution in [0.3, 0.4) is 0 Å². The molecule has 0 aromatic heterocycles. The first-order valence-electron chi connectivity index (χ1n) is 31.6.